The second-order valence-electron chi connectivity index (χ2n) is 4.52. The van der Waals surface area contributed by atoms with Gasteiger partial charge in [0, 0.05) is 19.3 Å². The Morgan fingerprint density at radius 1 is 1.44 bits per heavy atom. The molecule has 3 N–H and O–H groups in total. The summed E-state index contributed by atoms with van der Waals surface area (Å²) >= 11 is 0. The third-order valence-electron chi connectivity index (χ3n) is 3.34. The fourth-order valence-corrected chi connectivity index (χ4v) is 2.20. The van der Waals surface area contributed by atoms with Gasteiger partial charge in [0.25, 0.3) is 0 Å². The van der Waals surface area contributed by atoms with Crippen LogP contribution in [0.1, 0.15) is 25.5 Å². The quantitative estimate of drug-likeness (QED) is 0.770. The first-order valence-corrected chi connectivity index (χ1v) is 5.75. The minimum Gasteiger partial charge on any atom is -0.383 e. The molecular weight excluding hydrogens is 202 g/mol. The third kappa shape index (κ3) is 2.24. The van der Waals surface area contributed by atoms with E-state index in [1.54, 1.807) is 6.20 Å². The molecule has 2 rings (SSSR count). The van der Waals surface area contributed by atoms with E-state index in [1.807, 2.05) is 25.1 Å². The molecule has 16 heavy (non-hydrogen) atoms. The molecule has 1 aliphatic rings. The highest BCUT2D eigenvalue weighted by Crippen LogP contribution is 2.31. The lowest BCUT2D eigenvalue weighted by Crippen LogP contribution is -2.49. The molecule has 1 atom stereocenters. The van der Waals surface area contributed by atoms with Gasteiger partial charge in [0.1, 0.15) is 5.60 Å². The van der Waals surface area contributed by atoms with Gasteiger partial charge in [-0.2, -0.15) is 0 Å². The maximum absolute atomic E-state index is 10.5. The number of likely N-dealkylation sites (tertiary alicyclic amines) is 1. The molecule has 0 aromatic carbocycles. The number of nitrogens with two attached hydrogens (primary N) is 1. The van der Waals surface area contributed by atoms with E-state index in [1.165, 1.54) is 0 Å². The molecule has 0 saturated carbocycles. The number of aliphatic hydroxyl groups is 1. The average Bonchev–Trinajstić information content (AvgIpc) is 2.31. The Labute approximate surface area is 96.1 Å². The summed E-state index contributed by atoms with van der Waals surface area (Å²) in [5, 5.41) is 10.5. The van der Waals surface area contributed by atoms with Crippen LogP contribution in [0.2, 0.25) is 0 Å². The van der Waals surface area contributed by atoms with Gasteiger partial charge in [0.15, 0.2) is 0 Å². The van der Waals surface area contributed by atoms with Gasteiger partial charge in [-0.15, -0.1) is 0 Å². The van der Waals surface area contributed by atoms with Gasteiger partial charge in [0.05, 0.1) is 11.9 Å². The van der Waals surface area contributed by atoms with E-state index in [2.05, 4.69) is 9.88 Å². The largest absolute Gasteiger partial charge is 0.383 e. The van der Waals surface area contributed by atoms with Gasteiger partial charge >= 0.3 is 0 Å². The predicted octanol–water partition coefficient (Wildman–Crippen LogP) is 0.670. The van der Waals surface area contributed by atoms with E-state index < -0.39 is 5.60 Å². The van der Waals surface area contributed by atoms with E-state index in [9.17, 15) is 5.11 Å². The van der Waals surface area contributed by atoms with Crippen molar-refractivity contribution in [2.45, 2.75) is 31.5 Å². The van der Waals surface area contributed by atoms with Gasteiger partial charge in [-0.1, -0.05) is 6.07 Å². The summed E-state index contributed by atoms with van der Waals surface area (Å²) in [6.07, 6.45) is 3.19. The molecule has 0 bridgehead atoms. The van der Waals surface area contributed by atoms with Crippen molar-refractivity contribution in [2.75, 3.05) is 13.1 Å². The smallest absolute Gasteiger partial charge is 0.109 e. The summed E-state index contributed by atoms with van der Waals surface area (Å²) in [7, 11) is 0. The van der Waals surface area contributed by atoms with Crippen molar-refractivity contribution in [3.05, 3.63) is 30.1 Å². The van der Waals surface area contributed by atoms with Gasteiger partial charge in [-0.05, 0) is 31.9 Å². The summed E-state index contributed by atoms with van der Waals surface area (Å²) < 4.78 is 0. The molecule has 4 heteroatoms. The van der Waals surface area contributed by atoms with Crippen molar-refractivity contribution in [2.24, 2.45) is 5.73 Å². The summed E-state index contributed by atoms with van der Waals surface area (Å²) in [6, 6.07) is 5.67. The van der Waals surface area contributed by atoms with Gasteiger partial charge < -0.3 is 10.8 Å². The molecule has 0 radical (unpaired) electrons. The zero-order valence-electron chi connectivity index (χ0n) is 9.63. The first-order chi connectivity index (χ1) is 7.62. The van der Waals surface area contributed by atoms with Gasteiger partial charge in [-0.25, -0.2) is 0 Å². The van der Waals surface area contributed by atoms with Crippen LogP contribution in [0.5, 0.6) is 0 Å². The number of hydrogen-bond donors (Lipinski definition) is 2. The van der Waals surface area contributed by atoms with E-state index in [-0.39, 0.29) is 6.17 Å². The molecule has 88 valence electrons. The Morgan fingerprint density at radius 3 is 2.62 bits per heavy atom. The molecule has 0 aliphatic carbocycles. The van der Waals surface area contributed by atoms with Crippen LogP contribution in [0.25, 0.3) is 0 Å². The zero-order valence-corrected chi connectivity index (χ0v) is 9.63. The molecule has 0 amide bonds. The summed E-state index contributed by atoms with van der Waals surface area (Å²) in [5.41, 5.74) is 5.83. The number of aromatic nitrogens is 1. The normalized spacial score (nSPS) is 22.9. The second kappa shape index (κ2) is 4.49. The minimum absolute atomic E-state index is 0.0632. The number of pyridine rings is 1. The van der Waals surface area contributed by atoms with E-state index in [0.29, 0.717) is 12.8 Å². The van der Waals surface area contributed by atoms with Gasteiger partial charge in [-0.3, -0.25) is 9.88 Å². The standard InChI is InChI=1S/C12H19N3O/c1-10(13)15-8-5-12(16,6-9-15)11-4-2-3-7-14-11/h2-4,7,10,16H,5-6,8-9,13H2,1H3. The summed E-state index contributed by atoms with van der Waals surface area (Å²) in [6.45, 7) is 3.63. The van der Waals surface area contributed by atoms with Crippen LogP contribution in [-0.4, -0.2) is 34.2 Å². The fourth-order valence-electron chi connectivity index (χ4n) is 2.20. The molecule has 1 saturated heterocycles. The monoisotopic (exact) mass is 221 g/mol. The summed E-state index contributed by atoms with van der Waals surface area (Å²) in [4.78, 5) is 6.42. The first-order valence-electron chi connectivity index (χ1n) is 5.75. The third-order valence-corrected chi connectivity index (χ3v) is 3.34. The van der Waals surface area contributed by atoms with E-state index in [4.69, 9.17) is 5.73 Å². The Bertz CT molecular complexity index is 331. The lowest BCUT2D eigenvalue weighted by Gasteiger charge is -2.39. The SMILES string of the molecule is CC(N)N1CCC(O)(c2ccccn2)CC1. The van der Waals surface area contributed by atoms with Crippen molar-refractivity contribution in [3.8, 4) is 0 Å². The van der Waals surface area contributed by atoms with Crippen LogP contribution >= 0.6 is 0 Å². The topological polar surface area (TPSA) is 62.4 Å². The predicted molar refractivity (Wildman–Crippen MR) is 62.6 cm³/mol. The highest BCUT2D eigenvalue weighted by atomic mass is 16.3. The molecule has 1 aromatic rings. The Balaban J connectivity index is 2.07. The fraction of sp³-hybridized carbons (Fsp3) is 0.583. The van der Waals surface area contributed by atoms with E-state index >= 15 is 0 Å². The first kappa shape index (κ1) is 11.5. The van der Waals surface area contributed by atoms with Crippen LogP contribution < -0.4 is 5.73 Å². The average molecular weight is 221 g/mol. The summed E-state index contributed by atoms with van der Waals surface area (Å²) in [5.74, 6) is 0. The molecule has 1 fully saturated rings. The molecular formula is C12H19N3O. The Morgan fingerprint density at radius 2 is 2.12 bits per heavy atom. The lowest BCUT2D eigenvalue weighted by atomic mass is 9.87. The van der Waals surface area contributed by atoms with Crippen molar-refractivity contribution >= 4 is 0 Å². The number of piperidine rings is 1. The van der Waals surface area contributed by atoms with Crippen LogP contribution in [0.15, 0.2) is 24.4 Å². The highest BCUT2D eigenvalue weighted by molar-refractivity contribution is 5.14. The molecule has 2 heterocycles. The van der Waals surface area contributed by atoms with Crippen molar-refractivity contribution in [1.82, 2.24) is 9.88 Å². The van der Waals surface area contributed by atoms with Gasteiger partial charge in [0.2, 0.25) is 0 Å². The van der Waals surface area contributed by atoms with Crippen LogP contribution in [0, 0.1) is 0 Å². The number of rotatable bonds is 2. The Hall–Kier alpha value is -0.970. The Kier molecular flexibility index (Phi) is 3.23. The van der Waals surface area contributed by atoms with Crippen molar-refractivity contribution < 1.29 is 5.11 Å². The molecule has 4 nitrogen and oxygen atoms in total. The minimum atomic E-state index is -0.771. The zero-order chi connectivity index (χ0) is 11.6. The van der Waals surface area contributed by atoms with E-state index in [0.717, 1.165) is 18.8 Å². The highest BCUT2D eigenvalue weighted by Gasteiger charge is 2.35. The van der Waals surface area contributed by atoms with Crippen molar-refractivity contribution in [1.29, 1.82) is 0 Å². The molecule has 1 aromatic heterocycles. The van der Waals surface area contributed by atoms with Crippen LogP contribution in [0.4, 0.5) is 0 Å². The maximum atomic E-state index is 10.5. The molecule has 1 unspecified atom stereocenters. The molecule has 1 aliphatic heterocycles. The number of nitrogens with zero attached hydrogens (tertiary/aromatic N) is 2. The molecule has 0 spiro atoms. The van der Waals surface area contributed by atoms with Crippen LogP contribution in [0.3, 0.4) is 0 Å². The van der Waals surface area contributed by atoms with Crippen LogP contribution in [-0.2, 0) is 5.60 Å². The van der Waals surface area contributed by atoms with Crippen molar-refractivity contribution in [3.63, 3.8) is 0 Å². The lowest BCUT2D eigenvalue weighted by molar-refractivity contribution is -0.0366. The second-order valence-corrected chi connectivity index (χ2v) is 4.52. The maximum Gasteiger partial charge on any atom is 0.109 e. The number of hydrogen-bond acceptors (Lipinski definition) is 4.